The lowest BCUT2D eigenvalue weighted by molar-refractivity contribution is -0.130. The summed E-state index contributed by atoms with van der Waals surface area (Å²) >= 11 is 11.1. The number of nitrogens with zero attached hydrogens (tertiary/aromatic N) is 3. The molecule has 0 saturated carbocycles. The number of hydrogen-bond donors (Lipinski definition) is 2. The third-order valence-corrected chi connectivity index (χ3v) is 5.26. The SMILES string of the molecule is CCCCn1c(O)c(C2=NN(C(C)=O)C(c3ccc(Cl)cc3)C2)c(=O)[nH]c1=S. The van der Waals surface area contributed by atoms with E-state index in [4.69, 9.17) is 23.8 Å². The second-order valence-electron chi connectivity index (χ2n) is 6.64. The monoisotopic (exact) mass is 420 g/mol. The standard InChI is InChI=1S/C19H21ClN4O3S/c1-3-4-9-23-18(27)16(17(26)21-19(23)28)14-10-15(24(22-14)11(2)25)12-5-7-13(20)8-6-12/h5-8,15,27H,3-4,9-10H2,1-2H3,(H,21,26,28). The Morgan fingerprint density at radius 1 is 1.39 bits per heavy atom. The molecule has 7 nitrogen and oxygen atoms in total. The van der Waals surface area contributed by atoms with E-state index in [1.165, 1.54) is 16.5 Å². The third kappa shape index (κ3) is 3.88. The van der Waals surface area contributed by atoms with Gasteiger partial charge in [-0.3, -0.25) is 19.1 Å². The Morgan fingerprint density at radius 2 is 2.07 bits per heavy atom. The van der Waals surface area contributed by atoms with Gasteiger partial charge < -0.3 is 5.11 Å². The van der Waals surface area contributed by atoms with Crippen molar-refractivity contribution in [2.75, 3.05) is 0 Å². The van der Waals surface area contributed by atoms with E-state index in [2.05, 4.69) is 10.1 Å². The van der Waals surface area contributed by atoms with Crippen molar-refractivity contribution >= 4 is 35.4 Å². The van der Waals surface area contributed by atoms with Crippen LogP contribution in [0.5, 0.6) is 5.88 Å². The summed E-state index contributed by atoms with van der Waals surface area (Å²) in [5.74, 6) is -0.481. The van der Waals surface area contributed by atoms with Gasteiger partial charge in [-0.15, -0.1) is 0 Å². The van der Waals surface area contributed by atoms with Gasteiger partial charge in [-0.1, -0.05) is 37.1 Å². The van der Waals surface area contributed by atoms with E-state index >= 15 is 0 Å². The van der Waals surface area contributed by atoms with Crippen molar-refractivity contribution in [3.63, 3.8) is 0 Å². The van der Waals surface area contributed by atoms with Crippen molar-refractivity contribution in [1.82, 2.24) is 14.6 Å². The molecule has 1 amide bonds. The molecule has 2 heterocycles. The maximum absolute atomic E-state index is 12.5. The first-order valence-corrected chi connectivity index (χ1v) is 9.81. The number of unbranched alkanes of at least 4 members (excludes halogenated alkanes) is 1. The molecule has 0 bridgehead atoms. The Kier molecular flexibility index (Phi) is 6.00. The van der Waals surface area contributed by atoms with Crippen molar-refractivity contribution in [3.8, 4) is 5.88 Å². The van der Waals surface area contributed by atoms with Gasteiger partial charge >= 0.3 is 0 Å². The Balaban J connectivity index is 2.05. The predicted molar refractivity (Wildman–Crippen MR) is 110 cm³/mol. The third-order valence-electron chi connectivity index (χ3n) is 4.68. The van der Waals surface area contributed by atoms with Crippen LogP contribution in [0.2, 0.25) is 5.02 Å². The lowest BCUT2D eigenvalue weighted by atomic mass is 9.99. The zero-order valence-corrected chi connectivity index (χ0v) is 17.2. The van der Waals surface area contributed by atoms with E-state index in [-0.39, 0.29) is 28.2 Å². The first-order chi connectivity index (χ1) is 13.3. The zero-order valence-electron chi connectivity index (χ0n) is 15.6. The predicted octanol–water partition coefficient (Wildman–Crippen LogP) is 3.76. The smallest absolute Gasteiger partial charge is 0.264 e. The fourth-order valence-electron chi connectivity index (χ4n) is 3.24. The minimum Gasteiger partial charge on any atom is -0.494 e. The summed E-state index contributed by atoms with van der Waals surface area (Å²) in [6.07, 6.45) is 2.00. The van der Waals surface area contributed by atoms with E-state index in [9.17, 15) is 14.7 Å². The topological polar surface area (TPSA) is 90.7 Å². The molecule has 2 N–H and O–H groups in total. The highest BCUT2D eigenvalue weighted by molar-refractivity contribution is 7.71. The average molecular weight is 421 g/mol. The van der Waals surface area contributed by atoms with Crippen LogP contribution in [-0.2, 0) is 11.3 Å². The van der Waals surface area contributed by atoms with Gasteiger partial charge in [0, 0.05) is 24.9 Å². The van der Waals surface area contributed by atoms with Crippen molar-refractivity contribution in [2.24, 2.45) is 5.10 Å². The molecule has 0 aliphatic carbocycles. The molecule has 1 aliphatic heterocycles. The van der Waals surface area contributed by atoms with Crippen LogP contribution in [-0.4, -0.2) is 31.3 Å². The number of nitrogens with one attached hydrogen (secondary N) is 1. The second kappa shape index (κ2) is 8.28. The summed E-state index contributed by atoms with van der Waals surface area (Å²) in [5, 5.41) is 17.0. The van der Waals surface area contributed by atoms with Gasteiger partial charge in [0.1, 0.15) is 5.56 Å². The van der Waals surface area contributed by atoms with E-state index in [1.54, 1.807) is 12.1 Å². The van der Waals surface area contributed by atoms with E-state index in [1.807, 2.05) is 19.1 Å². The van der Waals surface area contributed by atoms with Crippen molar-refractivity contribution in [1.29, 1.82) is 0 Å². The van der Waals surface area contributed by atoms with Crippen molar-refractivity contribution in [2.45, 2.75) is 45.7 Å². The Morgan fingerprint density at radius 3 is 2.68 bits per heavy atom. The Bertz CT molecular complexity index is 1040. The number of halogens is 1. The number of hydrogen-bond acceptors (Lipinski definition) is 5. The summed E-state index contributed by atoms with van der Waals surface area (Å²) in [6.45, 7) is 3.91. The summed E-state index contributed by atoms with van der Waals surface area (Å²) in [5.41, 5.74) is 0.712. The van der Waals surface area contributed by atoms with Gasteiger partial charge in [0.15, 0.2) is 4.77 Å². The molecule has 2 aromatic rings. The molecular formula is C19H21ClN4O3S. The van der Waals surface area contributed by atoms with E-state index in [0.717, 1.165) is 18.4 Å². The first kappa shape index (κ1) is 20.3. The van der Waals surface area contributed by atoms with Crippen LogP contribution in [0, 0.1) is 4.77 Å². The number of benzene rings is 1. The molecular weight excluding hydrogens is 400 g/mol. The highest BCUT2D eigenvalue weighted by atomic mass is 35.5. The molecule has 0 fully saturated rings. The molecule has 3 rings (SSSR count). The van der Waals surface area contributed by atoms with Crippen LogP contribution < -0.4 is 5.56 Å². The Labute approximate surface area is 172 Å². The maximum Gasteiger partial charge on any atom is 0.264 e. The molecule has 1 aromatic carbocycles. The molecule has 9 heteroatoms. The number of carbonyl (C=O) groups is 1. The van der Waals surface area contributed by atoms with E-state index in [0.29, 0.717) is 23.7 Å². The van der Waals surface area contributed by atoms with Gasteiger partial charge in [-0.25, -0.2) is 5.01 Å². The fourth-order valence-corrected chi connectivity index (χ4v) is 3.64. The summed E-state index contributed by atoms with van der Waals surface area (Å²) in [6, 6.07) is 6.74. The highest BCUT2D eigenvalue weighted by Gasteiger charge is 2.34. The number of rotatable bonds is 5. The number of amides is 1. The molecule has 1 atom stereocenters. The van der Waals surface area contributed by atoms with Gasteiger partial charge in [0.25, 0.3) is 5.56 Å². The van der Waals surface area contributed by atoms with Crippen LogP contribution in [0.4, 0.5) is 0 Å². The molecule has 0 spiro atoms. The number of carbonyl (C=O) groups excluding carboxylic acids is 1. The molecule has 0 radical (unpaired) electrons. The normalized spacial score (nSPS) is 16.3. The largest absolute Gasteiger partial charge is 0.494 e. The number of hydrazone groups is 1. The first-order valence-electron chi connectivity index (χ1n) is 9.02. The molecule has 1 aliphatic rings. The van der Waals surface area contributed by atoms with E-state index < -0.39 is 5.56 Å². The summed E-state index contributed by atoms with van der Waals surface area (Å²) < 4.78 is 1.65. The second-order valence-corrected chi connectivity index (χ2v) is 7.47. The molecule has 148 valence electrons. The number of aromatic nitrogens is 2. The lowest BCUT2D eigenvalue weighted by Crippen LogP contribution is -2.24. The van der Waals surface area contributed by atoms with Crippen LogP contribution in [0.25, 0.3) is 0 Å². The number of aromatic amines is 1. The minimum atomic E-state index is -0.519. The van der Waals surface area contributed by atoms with Crippen LogP contribution >= 0.6 is 23.8 Å². The van der Waals surface area contributed by atoms with Crippen molar-refractivity contribution in [3.05, 3.63) is 55.5 Å². The van der Waals surface area contributed by atoms with Crippen LogP contribution in [0.15, 0.2) is 34.2 Å². The Hall–Kier alpha value is -2.45. The molecule has 0 saturated heterocycles. The minimum absolute atomic E-state index is 0.0485. The number of H-pyrrole nitrogens is 1. The molecule has 28 heavy (non-hydrogen) atoms. The lowest BCUT2D eigenvalue weighted by Gasteiger charge is -2.20. The highest BCUT2D eigenvalue weighted by Crippen LogP contribution is 2.34. The van der Waals surface area contributed by atoms with Crippen molar-refractivity contribution < 1.29 is 9.90 Å². The molecule has 1 aromatic heterocycles. The molecule has 1 unspecified atom stereocenters. The number of aromatic hydroxyl groups is 1. The average Bonchev–Trinajstić information content (AvgIpc) is 3.07. The van der Waals surface area contributed by atoms with Crippen LogP contribution in [0.3, 0.4) is 0 Å². The van der Waals surface area contributed by atoms with Gasteiger partial charge in [0.05, 0.1) is 11.8 Å². The van der Waals surface area contributed by atoms with Gasteiger partial charge in [0.2, 0.25) is 11.8 Å². The maximum atomic E-state index is 12.5. The quantitative estimate of drug-likeness (QED) is 0.720. The van der Waals surface area contributed by atoms with Gasteiger partial charge in [-0.2, -0.15) is 5.10 Å². The summed E-state index contributed by atoms with van der Waals surface area (Å²) in [4.78, 5) is 27.3. The summed E-state index contributed by atoms with van der Waals surface area (Å²) in [7, 11) is 0. The van der Waals surface area contributed by atoms with Crippen LogP contribution in [0.1, 0.15) is 50.3 Å². The zero-order chi connectivity index (χ0) is 20.4. The van der Waals surface area contributed by atoms with Gasteiger partial charge in [-0.05, 0) is 36.3 Å². The fraction of sp³-hybridized carbons (Fsp3) is 0.368.